The molecular weight excluding hydrogens is 350 g/mol. The predicted molar refractivity (Wildman–Crippen MR) is 102 cm³/mol. The number of carbonyl (C=O) groups is 1. The Labute approximate surface area is 159 Å². The van der Waals surface area contributed by atoms with Gasteiger partial charge in [-0.05, 0) is 32.1 Å². The molecule has 3 aliphatic rings. The number of piperidine rings is 1. The molecule has 26 heavy (non-hydrogen) atoms. The number of rotatable bonds is 4. The third-order valence-corrected chi connectivity index (χ3v) is 7.15. The number of hydrogen-bond donors (Lipinski definition) is 0. The van der Waals surface area contributed by atoms with E-state index in [4.69, 9.17) is 9.47 Å². The number of aromatic nitrogens is 1. The lowest BCUT2D eigenvalue weighted by Crippen LogP contribution is -2.54. The Balaban J connectivity index is 1.45. The van der Waals surface area contributed by atoms with Crippen LogP contribution in [-0.2, 0) is 14.3 Å². The number of thiazole rings is 1. The molecular formula is C19H29N3O3S. The van der Waals surface area contributed by atoms with Crippen LogP contribution in [0.15, 0.2) is 11.6 Å². The fraction of sp³-hybridized carbons (Fsp3) is 0.789. The molecule has 1 aromatic rings. The quantitative estimate of drug-likeness (QED) is 0.805. The summed E-state index contributed by atoms with van der Waals surface area (Å²) in [5.74, 6) is 0.246. The highest BCUT2D eigenvalue weighted by atomic mass is 32.1. The zero-order chi connectivity index (χ0) is 18.0. The molecule has 0 aromatic carbocycles. The first-order valence-electron chi connectivity index (χ1n) is 9.69. The number of anilines is 1. The van der Waals surface area contributed by atoms with Gasteiger partial charge in [0.1, 0.15) is 0 Å². The van der Waals surface area contributed by atoms with Crippen LogP contribution in [0.1, 0.15) is 38.5 Å². The maximum absolute atomic E-state index is 13.0. The summed E-state index contributed by atoms with van der Waals surface area (Å²) in [5.41, 5.74) is -0.190. The lowest BCUT2D eigenvalue weighted by molar-refractivity contribution is -0.148. The fourth-order valence-electron chi connectivity index (χ4n) is 4.61. The first kappa shape index (κ1) is 18.2. The molecule has 144 valence electrons. The average Bonchev–Trinajstić information content (AvgIpc) is 3.08. The molecule has 2 aliphatic heterocycles. The van der Waals surface area contributed by atoms with E-state index in [0.29, 0.717) is 6.42 Å². The van der Waals surface area contributed by atoms with E-state index >= 15 is 0 Å². The van der Waals surface area contributed by atoms with E-state index in [1.54, 1.807) is 18.4 Å². The standard InChI is InChI=1S/C19H29N3O3S/c1-24-19(5-2-6-19)12-16(23)21-8-3-4-18(13-21)14-22(9-10-25-15-18)17-20-7-11-26-17/h7,11H,2-6,8-10,12-15H2,1H3. The highest BCUT2D eigenvalue weighted by Gasteiger charge is 2.44. The zero-order valence-corrected chi connectivity index (χ0v) is 16.4. The molecule has 1 aromatic heterocycles. The number of nitrogens with zero attached hydrogens (tertiary/aromatic N) is 3. The Kier molecular flexibility index (Phi) is 5.21. The summed E-state index contributed by atoms with van der Waals surface area (Å²) < 4.78 is 11.6. The van der Waals surface area contributed by atoms with Crippen LogP contribution >= 0.6 is 11.3 Å². The van der Waals surface area contributed by atoms with Crippen LogP contribution in [0.3, 0.4) is 0 Å². The lowest BCUT2D eigenvalue weighted by atomic mass is 9.76. The molecule has 7 heteroatoms. The van der Waals surface area contributed by atoms with Gasteiger partial charge in [0.2, 0.25) is 5.91 Å². The molecule has 3 heterocycles. The SMILES string of the molecule is COC1(CC(=O)N2CCCC3(COCCN(c4nccs4)C3)C2)CCC1. The van der Waals surface area contributed by atoms with Gasteiger partial charge in [0, 0.05) is 50.3 Å². The van der Waals surface area contributed by atoms with Gasteiger partial charge < -0.3 is 19.3 Å². The van der Waals surface area contributed by atoms with Crippen LogP contribution in [0.25, 0.3) is 0 Å². The Morgan fingerprint density at radius 1 is 1.31 bits per heavy atom. The van der Waals surface area contributed by atoms with Crippen molar-refractivity contribution in [3.63, 3.8) is 0 Å². The van der Waals surface area contributed by atoms with Crippen LogP contribution in [-0.4, -0.2) is 67.9 Å². The lowest BCUT2D eigenvalue weighted by Gasteiger charge is -2.46. The maximum atomic E-state index is 13.0. The van der Waals surface area contributed by atoms with Crippen LogP contribution in [0.5, 0.6) is 0 Å². The van der Waals surface area contributed by atoms with Gasteiger partial charge in [-0.3, -0.25) is 4.79 Å². The predicted octanol–water partition coefficient (Wildman–Crippen LogP) is 2.55. The summed E-state index contributed by atoms with van der Waals surface area (Å²) in [6, 6.07) is 0. The molecule has 1 unspecified atom stereocenters. The number of amides is 1. The van der Waals surface area contributed by atoms with Gasteiger partial charge in [-0.1, -0.05) is 0 Å². The molecule has 3 fully saturated rings. The first-order chi connectivity index (χ1) is 12.6. The van der Waals surface area contributed by atoms with Crippen LogP contribution in [0.2, 0.25) is 0 Å². The summed E-state index contributed by atoms with van der Waals surface area (Å²) in [6.07, 6.45) is 7.72. The first-order valence-corrected chi connectivity index (χ1v) is 10.6. The summed E-state index contributed by atoms with van der Waals surface area (Å²) >= 11 is 1.68. The third kappa shape index (κ3) is 3.62. The second-order valence-electron chi connectivity index (χ2n) is 8.13. The van der Waals surface area contributed by atoms with E-state index in [0.717, 1.165) is 70.2 Å². The average molecular weight is 380 g/mol. The summed E-state index contributed by atoms with van der Waals surface area (Å²) in [5, 5.41) is 3.08. The fourth-order valence-corrected chi connectivity index (χ4v) is 5.28. The zero-order valence-electron chi connectivity index (χ0n) is 15.6. The number of ether oxygens (including phenoxy) is 2. The molecule has 1 spiro atoms. The van der Waals surface area contributed by atoms with Gasteiger partial charge >= 0.3 is 0 Å². The van der Waals surface area contributed by atoms with E-state index in [1.807, 2.05) is 11.6 Å². The van der Waals surface area contributed by atoms with E-state index in [1.165, 1.54) is 6.42 Å². The number of likely N-dealkylation sites (tertiary alicyclic amines) is 1. The van der Waals surface area contributed by atoms with Gasteiger partial charge in [-0.25, -0.2) is 4.98 Å². The van der Waals surface area contributed by atoms with Gasteiger partial charge in [-0.2, -0.15) is 0 Å². The Hall–Kier alpha value is -1.18. The van der Waals surface area contributed by atoms with Crippen molar-refractivity contribution >= 4 is 22.4 Å². The molecule has 6 nitrogen and oxygen atoms in total. The smallest absolute Gasteiger partial charge is 0.225 e. The number of methoxy groups -OCH3 is 1. The Bertz CT molecular complexity index is 614. The van der Waals surface area contributed by atoms with E-state index in [9.17, 15) is 4.79 Å². The van der Waals surface area contributed by atoms with Crippen molar-refractivity contribution in [2.24, 2.45) is 5.41 Å². The summed E-state index contributed by atoms with van der Waals surface area (Å²) in [7, 11) is 1.75. The van der Waals surface area contributed by atoms with Crippen molar-refractivity contribution in [1.82, 2.24) is 9.88 Å². The molecule has 1 atom stereocenters. The summed E-state index contributed by atoms with van der Waals surface area (Å²) in [4.78, 5) is 21.9. The topological polar surface area (TPSA) is 54.9 Å². The molecule has 1 saturated carbocycles. The Morgan fingerprint density at radius 3 is 2.88 bits per heavy atom. The monoisotopic (exact) mass is 379 g/mol. The largest absolute Gasteiger partial charge is 0.379 e. The van der Waals surface area contributed by atoms with E-state index in [-0.39, 0.29) is 16.9 Å². The van der Waals surface area contributed by atoms with E-state index in [2.05, 4.69) is 14.8 Å². The summed E-state index contributed by atoms with van der Waals surface area (Å²) in [6.45, 7) is 4.89. The van der Waals surface area contributed by atoms with Crippen molar-refractivity contribution in [3.05, 3.63) is 11.6 Å². The minimum absolute atomic E-state index is 0.00985. The number of hydrogen-bond acceptors (Lipinski definition) is 6. The third-order valence-electron chi connectivity index (χ3n) is 6.32. The van der Waals surface area contributed by atoms with Crippen molar-refractivity contribution in [2.75, 3.05) is 51.4 Å². The van der Waals surface area contributed by atoms with Crippen LogP contribution < -0.4 is 4.90 Å². The molecule has 0 radical (unpaired) electrons. The van der Waals surface area contributed by atoms with Crippen LogP contribution in [0, 0.1) is 5.41 Å². The van der Waals surface area contributed by atoms with Crippen molar-refractivity contribution in [3.8, 4) is 0 Å². The molecule has 0 N–H and O–H groups in total. The molecule has 1 amide bonds. The maximum Gasteiger partial charge on any atom is 0.225 e. The second kappa shape index (κ2) is 7.44. The van der Waals surface area contributed by atoms with Crippen LogP contribution in [0.4, 0.5) is 5.13 Å². The van der Waals surface area contributed by atoms with Crippen molar-refractivity contribution in [2.45, 2.75) is 44.1 Å². The normalized spacial score (nSPS) is 28.7. The molecule has 2 saturated heterocycles. The van der Waals surface area contributed by atoms with Gasteiger partial charge in [-0.15, -0.1) is 11.3 Å². The van der Waals surface area contributed by atoms with E-state index < -0.39 is 0 Å². The Morgan fingerprint density at radius 2 is 2.19 bits per heavy atom. The van der Waals surface area contributed by atoms with Crippen molar-refractivity contribution in [1.29, 1.82) is 0 Å². The highest BCUT2D eigenvalue weighted by Crippen LogP contribution is 2.40. The van der Waals surface area contributed by atoms with Gasteiger partial charge in [0.25, 0.3) is 0 Å². The minimum atomic E-state index is -0.200. The minimum Gasteiger partial charge on any atom is -0.379 e. The number of carbonyl (C=O) groups excluding carboxylic acids is 1. The van der Waals surface area contributed by atoms with Gasteiger partial charge in [0.15, 0.2) is 5.13 Å². The molecule has 4 rings (SSSR count). The molecule has 0 bridgehead atoms. The molecule has 1 aliphatic carbocycles. The van der Waals surface area contributed by atoms with Gasteiger partial charge in [0.05, 0.1) is 25.2 Å². The second-order valence-corrected chi connectivity index (χ2v) is 9.00. The van der Waals surface area contributed by atoms with Crippen molar-refractivity contribution < 1.29 is 14.3 Å². The highest BCUT2D eigenvalue weighted by molar-refractivity contribution is 7.13.